The molecule has 1 atom stereocenters. The van der Waals surface area contributed by atoms with Crippen LogP contribution in [-0.4, -0.2) is 15.7 Å². The first kappa shape index (κ1) is 16.4. The summed E-state index contributed by atoms with van der Waals surface area (Å²) in [5, 5.41) is 0.754. The van der Waals surface area contributed by atoms with Gasteiger partial charge in [0, 0.05) is 29.2 Å². The highest BCUT2D eigenvalue weighted by Crippen LogP contribution is 2.19. The highest BCUT2D eigenvalue weighted by Gasteiger charge is 2.12. The number of anilines is 1. The smallest absolute Gasteiger partial charge is 0.121 e. The van der Waals surface area contributed by atoms with E-state index >= 15 is 0 Å². The summed E-state index contributed by atoms with van der Waals surface area (Å²) in [5.41, 5.74) is 7.78. The number of imidazole rings is 1. The largest absolute Gasteiger partial charge is 0.488 e. The van der Waals surface area contributed by atoms with E-state index in [0.717, 1.165) is 30.2 Å². The first-order valence-electron chi connectivity index (χ1n) is 7.91. The van der Waals surface area contributed by atoms with Gasteiger partial charge >= 0.3 is 0 Å². The molecule has 0 aliphatic carbocycles. The summed E-state index contributed by atoms with van der Waals surface area (Å²) in [6, 6.07) is 15.5. The number of rotatable bonds is 7. The van der Waals surface area contributed by atoms with Crippen molar-refractivity contribution in [2.75, 3.05) is 5.73 Å². The minimum absolute atomic E-state index is 0.0247. The maximum absolute atomic E-state index is 6.16. The Kier molecular flexibility index (Phi) is 5.39. The molecule has 1 heterocycles. The van der Waals surface area contributed by atoms with Crippen LogP contribution in [0.1, 0.15) is 12.0 Å². The number of aromatic nitrogens is 2. The fourth-order valence-corrected chi connectivity index (χ4v) is 2.70. The first-order valence-corrected chi connectivity index (χ1v) is 8.29. The second kappa shape index (κ2) is 7.88. The summed E-state index contributed by atoms with van der Waals surface area (Å²) in [6.07, 6.45) is 7.34. The third-order valence-corrected chi connectivity index (χ3v) is 4.05. The van der Waals surface area contributed by atoms with Crippen LogP contribution in [0.2, 0.25) is 5.02 Å². The normalized spacial score (nSPS) is 12.0. The van der Waals surface area contributed by atoms with Crippen LogP contribution in [0.25, 0.3) is 0 Å². The molecule has 3 rings (SSSR count). The van der Waals surface area contributed by atoms with Crippen molar-refractivity contribution in [2.24, 2.45) is 0 Å². The van der Waals surface area contributed by atoms with Crippen LogP contribution < -0.4 is 10.5 Å². The van der Waals surface area contributed by atoms with Gasteiger partial charge in [-0.05, 0) is 42.7 Å². The third-order valence-electron chi connectivity index (χ3n) is 3.80. The number of halogens is 1. The SMILES string of the molecule is Nc1cccc(OC(CCc2ccc(Cl)cc2)Cn2ccnc2)c1. The molecular formula is C19H20ClN3O. The van der Waals surface area contributed by atoms with E-state index in [9.17, 15) is 0 Å². The molecule has 0 spiro atoms. The summed E-state index contributed by atoms with van der Waals surface area (Å²) in [7, 11) is 0. The number of hydrogen-bond donors (Lipinski definition) is 1. The molecule has 1 aromatic heterocycles. The van der Waals surface area contributed by atoms with Gasteiger partial charge in [0.05, 0.1) is 12.9 Å². The molecule has 3 aromatic rings. The minimum atomic E-state index is 0.0247. The van der Waals surface area contributed by atoms with Gasteiger partial charge in [-0.1, -0.05) is 29.8 Å². The predicted molar refractivity (Wildman–Crippen MR) is 97.3 cm³/mol. The van der Waals surface area contributed by atoms with Gasteiger partial charge in [0.1, 0.15) is 11.9 Å². The van der Waals surface area contributed by atoms with E-state index in [1.165, 1.54) is 5.56 Å². The molecule has 0 saturated carbocycles. The van der Waals surface area contributed by atoms with E-state index in [4.69, 9.17) is 22.1 Å². The van der Waals surface area contributed by atoms with E-state index in [0.29, 0.717) is 5.69 Å². The molecule has 0 bridgehead atoms. The highest BCUT2D eigenvalue weighted by molar-refractivity contribution is 6.30. The lowest BCUT2D eigenvalue weighted by Crippen LogP contribution is -2.23. The summed E-state index contributed by atoms with van der Waals surface area (Å²) < 4.78 is 8.19. The average molecular weight is 342 g/mol. The topological polar surface area (TPSA) is 53.1 Å². The number of nitrogens with zero attached hydrogens (tertiary/aromatic N) is 2. The van der Waals surface area contributed by atoms with Gasteiger partial charge in [0.2, 0.25) is 0 Å². The Morgan fingerprint density at radius 1 is 1.17 bits per heavy atom. The number of ether oxygens (including phenoxy) is 1. The van der Waals surface area contributed by atoms with Crippen LogP contribution in [0.3, 0.4) is 0 Å². The lowest BCUT2D eigenvalue weighted by atomic mass is 10.1. The molecule has 4 nitrogen and oxygen atoms in total. The van der Waals surface area contributed by atoms with Gasteiger partial charge < -0.3 is 15.0 Å². The molecule has 2 N–H and O–H groups in total. The second-order valence-electron chi connectivity index (χ2n) is 5.74. The molecule has 0 amide bonds. The van der Waals surface area contributed by atoms with Crippen molar-refractivity contribution >= 4 is 17.3 Å². The Morgan fingerprint density at radius 2 is 2.00 bits per heavy atom. The molecule has 24 heavy (non-hydrogen) atoms. The molecule has 124 valence electrons. The van der Waals surface area contributed by atoms with Crippen molar-refractivity contribution < 1.29 is 4.74 Å². The van der Waals surface area contributed by atoms with Gasteiger partial charge in [0.15, 0.2) is 0 Å². The van der Waals surface area contributed by atoms with Gasteiger partial charge in [0.25, 0.3) is 0 Å². The summed E-state index contributed by atoms with van der Waals surface area (Å²) in [5.74, 6) is 0.788. The maximum atomic E-state index is 6.16. The van der Waals surface area contributed by atoms with Crippen molar-refractivity contribution in [3.63, 3.8) is 0 Å². The molecule has 0 fully saturated rings. The van der Waals surface area contributed by atoms with Gasteiger partial charge in [-0.15, -0.1) is 0 Å². The van der Waals surface area contributed by atoms with Crippen molar-refractivity contribution in [3.05, 3.63) is 77.8 Å². The lowest BCUT2D eigenvalue weighted by Gasteiger charge is -2.20. The zero-order valence-electron chi connectivity index (χ0n) is 13.3. The van der Waals surface area contributed by atoms with E-state index in [1.807, 2.05) is 47.2 Å². The molecule has 5 heteroatoms. The Morgan fingerprint density at radius 3 is 2.71 bits per heavy atom. The quantitative estimate of drug-likeness (QED) is 0.655. The van der Waals surface area contributed by atoms with Crippen molar-refractivity contribution in [1.29, 1.82) is 0 Å². The van der Waals surface area contributed by atoms with Crippen molar-refractivity contribution in [3.8, 4) is 5.75 Å². The zero-order chi connectivity index (χ0) is 16.8. The highest BCUT2D eigenvalue weighted by atomic mass is 35.5. The van der Waals surface area contributed by atoms with Crippen LogP contribution in [0, 0.1) is 0 Å². The van der Waals surface area contributed by atoms with Crippen LogP contribution >= 0.6 is 11.6 Å². The minimum Gasteiger partial charge on any atom is -0.488 e. The van der Waals surface area contributed by atoms with Gasteiger partial charge in [-0.2, -0.15) is 0 Å². The van der Waals surface area contributed by atoms with Crippen molar-refractivity contribution in [1.82, 2.24) is 9.55 Å². The van der Waals surface area contributed by atoms with E-state index in [2.05, 4.69) is 17.1 Å². The average Bonchev–Trinajstić information content (AvgIpc) is 3.07. The van der Waals surface area contributed by atoms with Gasteiger partial charge in [-0.3, -0.25) is 0 Å². The van der Waals surface area contributed by atoms with Crippen LogP contribution in [0.4, 0.5) is 5.69 Å². The molecule has 0 radical (unpaired) electrons. The molecule has 2 aromatic carbocycles. The lowest BCUT2D eigenvalue weighted by molar-refractivity contribution is 0.170. The summed E-state index contributed by atoms with van der Waals surface area (Å²) in [4.78, 5) is 4.10. The fourth-order valence-electron chi connectivity index (χ4n) is 2.58. The molecule has 1 unspecified atom stereocenters. The van der Waals surface area contributed by atoms with Gasteiger partial charge in [-0.25, -0.2) is 4.98 Å². The molecular weight excluding hydrogens is 322 g/mol. The molecule has 0 saturated heterocycles. The van der Waals surface area contributed by atoms with E-state index in [1.54, 1.807) is 12.5 Å². The maximum Gasteiger partial charge on any atom is 0.121 e. The Balaban J connectivity index is 1.68. The standard InChI is InChI=1S/C19H20ClN3O/c20-16-7-4-15(5-8-16)6-9-19(13-23-11-10-22-14-23)24-18-3-1-2-17(21)12-18/h1-5,7-8,10-12,14,19H,6,9,13,21H2. The summed E-state index contributed by atoms with van der Waals surface area (Å²) in [6.45, 7) is 0.738. The van der Waals surface area contributed by atoms with E-state index < -0.39 is 0 Å². The summed E-state index contributed by atoms with van der Waals surface area (Å²) >= 11 is 5.94. The van der Waals surface area contributed by atoms with Crippen molar-refractivity contribution in [2.45, 2.75) is 25.5 Å². The molecule has 0 aliphatic rings. The number of nitrogens with two attached hydrogens (primary N) is 1. The number of nitrogen functional groups attached to an aromatic ring is 1. The van der Waals surface area contributed by atoms with E-state index in [-0.39, 0.29) is 6.10 Å². The fraction of sp³-hybridized carbons (Fsp3) is 0.211. The first-order chi connectivity index (χ1) is 11.7. The number of benzene rings is 2. The zero-order valence-corrected chi connectivity index (χ0v) is 14.1. The number of aryl methyl sites for hydroxylation is 1. The van der Waals surface area contributed by atoms with Crippen LogP contribution in [0.5, 0.6) is 5.75 Å². The third kappa shape index (κ3) is 4.77. The molecule has 0 aliphatic heterocycles. The monoisotopic (exact) mass is 341 g/mol. The predicted octanol–water partition coefficient (Wildman–Crippen LogP) is 4.20. The Hall–Kier alpha value is -2.46. The Bertz CT molecular complexity index is 757. The van der Waals surface area contributed by atoms with Crippen LogP contribution in [0.15, 0.2) is 67.3 Å². The number of hydrogen-bond acceptors (Lipinski definition) is 3. The second-order valence-corrected chi connectivity index (χ2v) is 6.17. The van der Waals surface area contributed by atoms with Crippen LogP contribution in [-0.2, 0) is 13.0 Å². The Labute approximate surface area is 146 Å².